The van der Waals surface area contributed by atoms with E-state index in [1.54, 1.807) is 18.2 Å². The molecule has 0 atom stereocenters. The summed E-state index contributed by atoms with van der Waals surface area (Å²) in [5.74, 6) is -1.78. The van der Waals surface area contributed by atoms with Gasteiger partial charge in [-0.1, -0.05) is 11.2 Å². The first-order valence-electron chi connectivity index (χ1n) is 7.61. The highest BCUT2D eigenvalue weighted by atomic mass is 19.1. The Morgan fingerprint density at radius 1 is 1.00 bits per heavy atom. The number of halogens is 2. The Morgan fingerprint density at radius 2 is 1.73 bits per heavy atom. The van der Waals surface area contributed by atoms with Gasteiger partial charge in [-0.3, -0.25) is 10.1 Å². The lowest BCUT2D eigenvalue weighted by Gasteiger charge is -2.18. The number of carbonyl (C=O) groups excluding carboxylic acids is 1. The molecule has 132 valence electrons. The first-order valence-corrected chi connectivity index (χ1v) is 7.61. The maximum atomic E-state index is 13.6. The van der Waals surface area contributed by atoms with Gasteiger partial charge in [0.2, 0.25) is 5.89 Å². The molecule has 1 aliphatic heterocycles. The lowest BCUT2D eigenvalue weighted by Crippen LogP contribution is -2.16. The Bertz CT molecular complexity index is 970. The van der Waals surface area contributed by atoms with Crippen LogP contribution in [0.5, 0.6) is 11.5 Å². The van der Waals surface area contributed by atoms with Gasteiger partial charge in [0.25, 0.3) is 5.91 Å². The lowest BCUT2D eigenvalue weighted by molar-refractivity contribution is 0.101. The van der Waals surface area contributed by atoms with Gasteiger partial charge >= 0.3 is 6.01 Å². The number of hydrogen-bond donors (Lipinski definition) is 1. The number of carbonyl (C=O) groups is 1. The molecule has 26 heavy (non-hydrogen) atoms. The predicted molar refractivity (Wildman–Crippen MR) is 85.0 cm³/mol. The molecule has 0 saturated heterocycles. The summed E-state index contributed by atoms with van der Waals surface area (Å²) >= 11 is 0. The number of amides is 1. The summed E-state index contributed by atoms with van der Waals surface area (Å²) in [4.78, 5) is 12.0. The van der Waals surface area contributed by atoms with Crippen LogP contribution in [0.4, 0.5) is 14.8 Å². The second-order valence-corrected chi connectivity index (χ2v) is 5.32. The summed E-state index contributed by atoms with van der Waals surface area (Å²) in [6.07, 6.45) is 0. The number of rotatable bonds is 3. The average Bonchev–Trinajstić information content (AvgIpc) is 3.09. The molecular formula is C17H11F2N3O4. The molecular weight excluding hydrogens is 348 g/mol. The summed E-state index contributed by atoms with van der Waals surface area (Å²) in [6.45, 7) is 0.894. The molecule has 2 heterocycles. The third kappa shape index (κ3) is 2.94. The minimum Gasteiger partial charge on any atom is -0.486 e. The van der Waals surface area contributed by atoms with Crippen molar-refractivity contribution in [2.75, 3.05) is 18.5 Å². The molecule has 1 amide bonds. The average molecular weight is 359 g/mol. The van der Waals surface area contributed by atoms with Gasteiger partial charge in [-0.2, -0.15) is 0 Å². The van der Waals surface area contributed by atoms with E-state index in [1.807, 2.05) is 0 Å². The Labute approximate surface area is 145 Å². The van der Waals surface area contributed by atoms with Crippen molar-refractivity contribution < 1.29 is 27.5 Å². The molecule has 0 radical (unpaired) electrons. The van der Waals surface area contributed by atoms with Crippen molar-refractivity contribution in [3.8, 4) is 23.0 Å². The van der Waals surface area contributed by atoms with Crippen molar-refractivity contribution in [2.24, 2.45) is 0 Å². The fourth-order valence-electron chi connectivity index (χ4n) is 2.44. The molecule has 7 nitrogen and oxygen atoms in total. The minimum absolute atomic E-state index is 0.103. The number of fused-ring (bicyclic) bond motifs is 1. The highest BCUT2D eigenvalue weighted by molar-refractivity contribution is 6.03. The molecule has 4 rings (SSSR count). The normalized spacial score (nSPS) is 12.7. The number of nitrogens with zero attached hydrogens (tertiary/aromatic N) is 2. The molecule has 3 aromatic rings. The Morgan fingerprint density at radius 3 is 2.50 bits per heavy atom. The quantitative estimate of drug-likeness (QED) is 0.774. The van der Waals surface area contributed by atoms with Crippen molar-refractivity contribution in [1.29, 1.82) is 0 Å². The van der Waals surface area contributed by atoms with E-state index in [0.29, 0.717) is 30.3 Å². The fourth-order valence-corrected chi connectivity index (χ4v) is 2.44. The van der Waals surface area contributed by atoms with Gasteiger partial charge in [-0.15, -0.1) is 5.10 Å². The highest BCUT2D eigenvalue weighted by Gasteiger charge is 2.20. The molecule has 1 aliphatic rings. The SMILES string of the molecule is O=C(Nc1nnc(-c2ccc3c(c2)OCCO3)o1)c1c(F)cccc1F. The fraction of sp³-hybridized carbons (Fsp3) is 0.118. The van der Waals surface area contributed by atoms with E-state index in [-0.39, 0.29) is 11.9 Å². The van der Waals surface area contributed by atoms with Gasteiger partial charge in [0.1, 0.15) is 30.4 Å². The van der Waals surface area contributed by atoms with Crippen LogP contribution in [0.25, 0.3) is 11.5 Å². The van der Waals surface area contributed by atoms with Crippen LogP contribution in [0.15, 0.2) is 40.8 Å². The van der Waals surface area contributed by atoms with E-state index < -0.39 is 23.1 Å². The van der Waals surface area contributed by atoms with Crippen molar-refractivity contribution in [2.45, 2.75) is 0 Å². The van der Waals surface area contributed by atoms with Crippen LogP contribution in [-0.4, -0.2) is 29.3 Å². The summed E-state index contributed by atoms with van der Waals surface area (Å²) in [5.41, 5.74) is -0.189. The van der Waals surface area contributed by atoms with Crippen molar-refractivity contribution in [3.63, 3.8) is 0 Å². The van der Waals surface area contributed by atoms with E-state index in [0.717, 1.165) is 18.2 Å². The van der Waals surface area contributed by atoms with E-state index in [9.17, 15) is 13.6 Å². The maximum Gasteiger partial charge on any atom is 0.322 e. The van der Waals surface area contributed by atoms with Crippen molar-refractivity contribution in [3.05, 3.63) is 53.6 Å². The van der Waals surface area contributed by atoms with Crippen molar-refractivity contribution >= 4 is 11.9 Å². The Kier molecular flexibility index (Phi) is 3.96. The largest absolute Gasteiger partial charge is 0.486 e. The third-order valence-electron chi connectivity index (χ3n) is 3.62. The van der Waals surface area contributed by atoms with E-state index in [1.165, 1.54) is 0 Å². The van der Waals surface area contributed by atoms with E-state index in [4.69, 9.17) is 13.9 Å². The molecule has 9 heteroatoms. The summed E-state index contributed by atoms with van der Waals surface area (Å²) in [5, 5.41) is 9.65. The van der Waals surface area contributed by atoms with Crippen LogP contribution >= 0.6 is 0 Å². The summed E-state index contributed by atoms with van der Waals surface area (Å²) in [6, 6.07) is 7.86. The first kappa shape index (κ1) is 16.0. The van der Waals surface area contributed by atoms with Crippen LogP contribution < -0.4 is 14.8 Å². The van der Waals surface area contributed by atoms with Crippen LogP contribution in [-0.2, 0) is 0 Å². The summed E-state index contributed by atoms with van der Waals surface area (Å²) in [7, 11) is 0. The van der Waals surface area contributed by atoms with Crippen LogP contribution in [0.1, 0.15) is 10.4 Å². The Balaban J connectivity index is 1.56. The van der Waals surface area contributed by atoms with Crippen molar-refractivity contribution in [1.82, 2.24) is 10.2 Å². The molecule has 0 spiro atoms. The highest BCUT2D eigenvalue weighted by Crippen LogP contribution is 2.34. The monoisotopic (exact) mass is 359 g/mol. The first-order chi connectivity index (χ1) is 12.6. The number of anilines is 1. The third-order valence-corrected chi connectivity index (χ3v) is 3.62. The second kappa shape index (κ2) is 6.43. The molecule has 2 aromatic carbocycles. The van der Waals surface area contributed by atoms with Crippen LogP contribution in [0.3, 0.4) is 0 Å². The predicted octanol–water partition coefficient (Wildman–Crippen LogP) is 3.04. The smallest absolute Gasteiger partial charge is 0.322 e. The number of ether oxygens (including phenoxy) is 2. The zero-order valence-corrected chi connectivity index (χ0v) is 13.2. The maximum absolute atomic E-state index is 13.6. The lowest BCUT2D eigenvalue weighted by atomic mass is 10.2. The van der Waals surface area contributed by atoms with Gasteiger partial charge in [0.15, 0.2) is 11.5 Å². The molecule has 0 aliphatic carbocycles. The molecule has 0 saturated carbocycles. The second-order valence-electron chi connectivity index (χ2n) is 5.32. The summed E-state index contributed by atoms with van der Waals surface area (Å²) < 4.78 is 43.5. The number of benzene rings is 2. The van der Waals surface area contributed by atoms with E-state index >= 15 is 0 Å². The van der Waals surface area contributed by atoms with E-state index in [2.05, 4.69) is 15.5 Å². The molecule has 0 bridgehead atoms. The molecule has 1 N–H and O–H groups in total. The minimum atomic E-state index is -1.03. The van der Waals surface area contributed by atoms with Gasteiger partial charge < -0.3 is 13.9 Å². The molecule has 0 fully saturated rings. The Hall–Kier alpha value is -3.49. The number of nitrogens with one attached hydrogen (secondary N) is 1. The van der Waals surface area contributed by atoms with Gasteiger partial charge in [0, 0.05) is 5.56 Å². The molecule has 0 unspecified atom stereocenters. The topological polar surface area (TPSA) is 86.5 Å². The number of aromatic nitrogens is 2. The zero-order chi connectivity index (χ0) is 18.1. The van der Waals surface area contributed by atoms with Gasteiger partial charge in [0.05, 0.1) is 0 Å². The standard InChI is InChI=1S/C17H11F2N3O4/c18-10-2-1-3-11(19)14(10)15(23)20-17-22-21-16(26-17)9-4-5-12-13(8-9)25-7-6-24-12/h1-5,8H,6-7H2,(H,20,22,23). The zero-order valence-electron chi connectivity index (χ0n) is 13.2. The van der Waals surface area contributed by atoms with Gasteiger partial charge in [-0.05, 0) is 30.3 Å². The van der Waals surface area contributed by atoms with Gasteiger partial charge in [-0.25, -0.2) is 8.78 Å². The number of hydrogen-bond acceptors (Lipinski definition) is 6. The molecule has 1 aromatic heterocycles. The van der Waals surface area contributed by atoms with Crippen LogP contribution in [0.2, 0.25) is 0 Å². The van der Waals surface area contributed by atoms with Crippen LogP contribution in [0, 0.1) is 11.6 Å².